The summed E-state index contributed by atoms with van der Waals surface area (Å²) in [5, 5.41) is 27.9. The number of rotatable bonds is 4. The van der Waals surface area contributed by atoms with Crippen molar-refractivity contribution in [2.45, 2.75) is 6.92 Å². The number of nitrogens with one attached hydrogen (secondary N) is 1. The fourth-order valence-electron chi connectivity index (χ4n) is 1.62. The zero-order valence-electron chi connectivity index (χ0n) is 13.0. The molecule has 25 heavy (non-hydrogen) atoms. The van der Waals surface area contributed by atoms with Gasteiger partial charge in [0.05, 0.1) is 5.56 Å². The fraction of sp³-hybridized carbons (Fsp3) is 0.0667. The van der Waals surface area contributed by atoms with Gasteiger partial charge < -0.3 is 10.2 Å². The number of phenolic OH excluding ortho intramolecular Hbond substituents is 1. The quantitative estimate of drug-likeness (QED) is 0.280. The molecule has 0 aliphatic heterocycles. The second-order valence-corrected chi connectivity index (χ2v) is 8.30. The molecule has 0 heterocycles. The van der Waals surface area contributed by atoms with Crippen LogP contribution in [0.25, 0.3) is 0 Å². The van der Waals surface area contributed by atoms with Gasteiger partial charge in [-0.1, -0.05) is 6.07 Å². The predicted molar refractivity (Wildman–Crippen MR) is 87.8 cm³/mol. The van der Waals surface area contributed by atoms with Crippen LogP contribution >= 0.6 is 0 Å². The van der Waals surface area contributed by atoms with E-state index >= 15 is 0 Å². The monoisotopic (exact) mass is 413 g/mol. The molecule has 2 aromatic rings. The van der Waals surface area contributed by atoms with Crippen LogP contribution in [0.15, 0.2) is 48.5 Å². The third-order valence-corrected chi connectivity index (χ3v) is 5.18. The van der Waals surface area contributed by atoms with Crippen molar-refractivity contribution >= 4 is 36.1 Å². The number of carboxylic acids is 1. The average Bonchev–Trinajstić information content (AvgIpc) is 2.55. The molecular weight excluding hydrogens is 397 g/mol. The van der Waals surface area contributed by atoms with Crippen LogP contribution in [-0.2, 0) is 12.4 Å². The van der Waals surface area contributed by atoms with Crippen molar-refractivity contribution in [1.29, 1.82) is 0 Å². The maximum Gasteiger partial charge on any atom is 0.335 e. The van der Waals surface area contributed by atoms with Crippen LogP contribution in [0.2, 0.25) is 0 Å². The minimum atomic E-state index is -4.76. The number of carbonyl (C=O) groups excluding carboxylic acids is 1. The number of aromatic hydroxyl groups is 1. The van der Waals surface area contributed by atoms with Gasteiger partial charge in [-0.3, -0.25) is 0 Å². The first kappa shape index (κ1) is 20.5. The number of carbonyl (C=O) groups is 2. The van der Waals surface area contributed by atoms with Crippen LogP contribution in [0.3, 0.4) is 0 Å². The van der Waals surface area contributed by atoms with E-state index in [1.54, 1.807) is 0 Å². The number of anilines is 1. The Balaban J connectivity index is 0.000000271. The summed E-state index contributed by atoms with van der Waals surface area (Å²) in [4.78, 5) is 20.9. The van der Waals surface area contributed by atoms with E-state index in [1.165, 1.54) is 55.5 Å². The summed E-state index contributed by atoms with van der Waals surface area (Å²) in [5.74, 6) is -1.30. The van der Waals surface area contributed by atoms with E-state index in [4.69, 9.17) is 19.6 Å². The largest absolute Gasteiger partial charge is 0.508 e. The second-order valence-electron chi connectivity index (χ2n) is 4.69. The fourth-order valence-corrected chi connectivity index (χ4v) is 2.92. The number of carboxylic acid groups (broad SMARTS) is 1. The smallest absolute Gasteiger partial charge is 0.335 e. The van der Waals surface area contributed by atoms with Crippen LogP contribution in [0.1, 0.15) is 17.3 Å². The minimum absolute atomic E-state index is 0.00438. The minimum Gasteiger partial charge on any atom is -0.508 e. The molecule has 1 atom stereocenters. The van der Waals surface area contributed by atoms with Crippen molar-refractivity contribution in [3.63, 3.8) is 0 Å². The first-order valence-corrected chi connectivity index (χ1v) is 10.0. The summed E-state index contributed by atoms with van der Waals surface area (Å²) in [6, 6.07) is 11.0. The van der Waals surface area contributed by atoms with E-state index < -0.39 is 20.1 Å². The molecule has 0 saturated carbocycles. The van der Waals surface area contributed by atoms with E-state index in [1.807, 2.05) is 0 Å². The molecule has 5 N–H and O–H groups in total. The average molecular weight is 413 g/mol. The van der Waals surface area contributed by atoms with Gasteiger partial charge in [-0.05, 0) is 18.2 Å². The van der Waals surface area contributed by atoms with Crippen molar-refractivity contribution < 1.29 is 36.8 Å². The zero-order valence-corrected chi connectivity index (χ0v) is 14.9. The molecule has 0 aliphatic rings. The van der Waals surface area contributed by atoms with Gasteiger partial charge in [0, 0.05) is 0 Å². The Labute approximate surface area is 145 Å². The first-order chi connectivity index (χ1) is 11.7. The Bertz CT molecular complexity index is 790. The third kappa shape index (κ3) is 6.82. The molecule has 0 aromatic heterocycles. The van der Waals surface area contributed by atoms with Crippen molar-refractivity contribution in [2.24, 2.45) is 0 Å². The molecule has 0 radical (unpaired) electrons. The zero-order chi connectivity index (χ0) is 19.0. The molecule has 1 unspecified atom stereocenters. The topological polar surface area (TPSA) is 153 Å². The number of benzene rings is 2. The summed E-state index contributed by atoms with van der Waals surface area (Å²) >= 11 is -4.76. The molecule has 0 saturated heterocycles. The second kappa shape index (κ2) is 9.05. The van der Waals surface area contributed by atoms with Crippen molar-refractivity contribution in [1.82, 2.24) is 0 Å². The van der Waals surface area contributed by atoms with Crippen LogP contribution in [-0.4, -0.2) is 45.6 Å². The molecule has 2 aromatic carbocycles. The Kier molecular flexibility index (Phi) is 7.40. The Hall–Kier alpha value is -2.58. The van der Waals surface area contributed by atoms with E-state index in [9.17, 15) is 13.3 Å². The Morgan fingerprint density at radius 2 is 1.72 bits per heavy atom. The van der Waals surface area contributed by atoms with E-state index in [2.05, 4.69) is 9.19 Å². The summed E-state index contributed by atoms with van der Waals surface area (Å²) in [6.45, 7) is 1.35. The molecule has 9 nitrogen and oxygen atoms in total. The van der Waals surface area contributed by atoms with Crippen LogP contribution < -0.4 is 9.67 Å². The molecule has 10 heteroatoms. The van der Waals surface area contributed by atoms with Crippen LogP contribution in [0, 0.1) is 0 Å². The van der Waals surface area contributed by atoms with Gasteiger partial charge in [0.1, 0.15) is 5.75 Å². The van der Waals surface area contributed by atoms with Crippen LogP contribution in [0.4, 0.5) is 5.69 Å². The van der Waals surface area contributed by atoms with Gasteiger partial charge in [0.2, 0.25) is 0 Å². The van der Waals surface area contributed by atoms with E-state index in [0.29, 0.717) is 5.69 Å². The summed E-state index contributed by atoms with van der Waals surface area (Å²) in [7, 11) is 0. The maximum absolute atomic E-state index is 11.2. The number of amides is 1. The molecule has 0 spiro atoms. The number of phenols is 1. The Morgan fingerprint density at radius 3 is 2.12 bits per heavy atom. The third-order valence-electron chi connectivity index (χ3n) is 2.72. The van der Waals surface area contributed by atoms with E-state index in [0.717, 1.165) is 0 Å². The van der Waals surface area contributed by atoms with E-state index in [-0.39, 0.29) is 21.6 Å². The summed E-state index contributed by atoms with van der Waals surface area (Å²) in [6.07, 6.45) is 0. The van der Waals surface area contributed by atoms with Gasteiger partial charge in [-0.2, -0.15) is 0 Å². The standard InChI is InChI=1S/C8H10AsNO5.C7H6O3/c1-6(11)10-8-4-2-7(3-5-8)9(12,13)15-14;8-6-3-1-2-5(4-6)7(9)10/h2-5,14H,1H3,(H,10,11)(H,12,13);1-4,8H,(H,9,10). The maximum atomic E-state index is 11.2. The first-order valence-electron chi connectivity index (χ1n) is 6.72. The predicted octanol–water partition coefficient (Wildman–Crippen LogP) is 0.794. The van der Waals surface area contributed by atoms with Crippen molar-refractivity contribution in [3.05, 3.63) is 54.1 Å². The van der Waals surface area contributed by atoms with Gasteiger partial charge in [-0.25, -0.2) is 4.79 Å². The normalized spacial score (nSPS) is 12.3. The number of aromatic carboxylic acids is 1. The summed E-state index contributed by atoms with van der Waals surface area (Å²) in [5.41, 5.74) is 0.597. The molecule has 0 bridgehead atoms. The van der Waals surface area contributed by atoms with Gasteiger partial charge in [-0.15, -0.1) is 0 Å². The van der Waals surface area contributed by atoms with Gasteiger partial charge >= 0.3 is 94.4 Å². The SMILES string of the molecule is CC(=O)Nc1ccc([As](=O)(O)OO)cc1.O=C(O)c1cccc(O)c1. The molecule has 2 rings (SSSR count). The van der Waals surface area contributed by atoms with Crippen molar-refractivity contribution in [2.75, 3.05) is 5.32 Å². The number of hydrogen-bond acceptors (Lipinski definition) is 6. The number of hydrogen-bond donors (Lipinski definition) is 5. The molecule has 134 valence electrons. The van der Waals surface area contributed by atoms with Crippen LogP contribution in [0.5, 0.6) is 5.75 Å². The molecular formula is C15H16AsNO8. The summed E-state index contributed by atoms with van der Waals surface area (Å²) < 4.78 is 23.8. The van der Waals surface area contributed by atoms with Crippen molar-refractivity contribution in [3.8, 4) is 5.75 Å². The molecule has 1 amide bonds. The Morgan fingerprint density at radius 1 is 1.12 bits per heavy atom. The van der Waals surface area contributed by atoms with Gasteiger partial charge in [0.15, 0.2) is 0 Å². The molecule has 0 fully saturated rings. The van der Waals surface area contributed by atoms with Gasteiger partial charge in [0.25, 0.3) is 0 Å². The molecule has 0 aliphatic carbocycles.